The molecule has 0 aliphatic rings. The molecule has 0 saturated heterocycles. The Morgan fingerprint density at radius 1 is 1.30 bits per heavy atom. The average Bonchev–Trinajstić information content (AvgIpc) is 3.04. The number of para-hydroxylation sites is 1. The summed E-state index contributed by atoms with van der Waals surface area (Å²) in [5, 5.41) is 5.96. The Kier molecular flexibility index (Phi) is 3.32. The number of nitrogens with one attached hydrogen (secondary N) is 1. The van der Waals surface area contributed by atoms with Gasteiger partial charge in [-0.05, 0) is 43.0 Å². The zero-order valence-corrected chi connectivity index (χ0v) is 12.2. The van der Waals surface area contributed by atoms with Crippen LogP contribution in [0, 0.1) is 6.92 Å². The first-order chi connectivity index (χ1) is 9.65. The molecule has 3 aromatic rings. The molecule has 0 saturated carbocycles. The first kappa shape index (κ1) is 12.9. The second kappa shape index (κ2) is 5.13. The Labute approximate surface area is 121 Å². The molecule has 0 bridgehead atoms. The number of carbonyl (C=O) groups is 1. The summed E-state index contributed by atoms with van der Waals surface area (Å²) in [5.41, 5.74) is 1.85. The van der Waals surface area contributed by atoms with E-state index in [1.165, 1.54) is 11.3 Å². The van der Waals surface area contributed by atoms with Crippen LogP contribution in [0.4, 0.5) is 0 Å². The zero-order chi connectivity index (χ0) is 14.1. The van der Waals surface area contributed by atoms with Gasteiger partial charge in [0.15, 0.2) is 0 Å². The van der Waals surface area contributed by atoms with Crippen LogP contribution in [0.15, 0.2) is 46.2 Å². The van der Waals surface area contributed by atoms with Crippen molar-refractivity contribution in [3.05, 3.63) is 58.0 Å². The molecule has 4 heteroatoms. The summed E-state index contributed by atoms with van der Waals surface area (Å²) in [5.74, 6) is 0.721. The van der Waals surface area contributed by atoms with Crippen LogP contribution in [0.25, 0.3) is 11.0 Å². The predicted octanol–water partition coefficient (Wildman–Crippen LogP) is 4.29. The Hall–Kier alpha value is -2.07. The number of fused-ring (bicyclic) bond motifs is 1. The van der Waals surface area contributed by atoms with Crippen LogP contribution < -0.4 is 5.32 Å². The van der Waals surface area contributed by atoms with Gasteiger partial charge in [-0.15, -0.1) is 11.3 Å². The van der Waals surface area contributed by atoms with Crippen molar-refractivity contribution in [2.45, 2.75) is 19.9 Å². The van der Waals surface area contributed by atoms with E-state index in [2.05, 4.69) is 5.32 Å². The average molecular weight is 285 g/mol. The lowest BCUT2D eigenvalue weighted by molar-refractivity contribution is 0.0939. The summed E-state index contributed by atoms with van der Waals surface area (Å²) in [4.78, 5) is 12.9. The molecule has 1 aromatic carbocycles. The van der Waals surface area contributed by atoms with Gasteiger partial charge in [-0.25, -0.2) is 0 Å². The highest BCUT2D eigenvalue weighted by atomic mass is 32.1. The number of rotatable bonds is 3. The van der Waals surface area contributed by atoms with Crippen molar-refractivity contribution in [1.29, 1.82) is 0 Å². The fourth-order valence-electron chi connectivity index (χ4n) is 2.15. The topological polar surface area (TPSA) is 42.2 Å². The third kappa shape index (κ3) is 2.34. The van der Waals surface area contributed by atoms with Crippen molar-refractivity contribution in [3.8, 4) is 0 Å². The molecule has 1 amide bonds. The van der Waals surface area contributed by atoms with Gasteiger partial charge in [-0.2, -0.15) is 0 Å². The molecule has 3 nitrogen and oxygen atoms in total. The SMILES string of the molecule is Cc1ccsc1C(=O)NC(C)c1cc2ccccc2o1. The van der Waals surface area contributed by atoms with Crippen LogP contribution in [0.1, 0.15) is 34.0 Å². The van der Waals surface area contributed by atoms with E-state index in [0.29, 0.717) is 0 Å². The number of benzene rings is 1. The Bertz CT molecular complexity index is 724. The first-order valence-electron chi connectivity index (χ1n) is 6.48. The number of carbonyl (C=O) groups excluding carboxylic acids is 1. The van der Waals surface area contributed by atoms with Gasteiger partial charge in [-0.1, -0.05) is 18.2 Å². The van der Waals surface area contributed by atoms with Crippen LogP contribution in [0.2, 0.25) is 0 Å². The number of thiophene rings is 1. The molecule has 0 aliphatic carbocycles. The van der Waals surface area contributed by atoms with Crippen molar-refractivity contribution in [1.82, 2.24) is 5.32 Å². The third-order valence-electron chi connectivity index (χ3n) is 3.29. The van der Waals surface area contributed by atoms with Crippen molar-refractivity contribution in [2.75, 3.05) is 0 Å². The molecule has 102 valence electrons. The normalized spacial score (nSPS) is 12.5. The quantitative estimate of drug-likeness (QED) is 0.780. The van der Waals surface area contributed by atoms with Crippen molar-refractivity contribution in [2.24, 2.45) is 0 Å². The standard InChI is InChI=1S/C16H15NO2S/c1-10-7-8-20-15(10)16(18)17-11(2)14-9-12-5-3-4-6-13(12)19-14/h3-9,11H,1-2H3,(H,17,18). The van der Waals surface area contributed by atoms with Gasteiger partial charge in [0.1, 0.15) is 11.3 Å². The number of amides is 1. The van der Waals surface area contributed by atoms with E-state index in [1.54, 1.807) is 0 Å². The van der Waals surface area contributed by atoms with Crippen LogP contribution in [-0.2, 0) is 0 Å². The summed E-state index contributed by atoms with van der Waals surface area (Å²) >= 11 is 1.46. The van der Waals surface area contributed by atoms with Crippen molar-refractivity contribution < 1.29 is 9.21 Å². The third-order valence-corrected chi connectivity index (χ3v) is 4.30. The Balaban J connectivity index is 1.80. The predicted molar refractivity (Wildman–Crippen MR) is 81.2 cm³/mol. The molecule has 0 fully saturated rings. The maximum Gasteiger partial charge on any atom is 0.262 e. The number of hydrogen-bond donors (Lipinski definition) is 1. The van der Waals surface area contributed by atoms with Crippen LogP contribution >= 0.6 is 11.3 Å². The molecular formula is C16H15NO2S. The van der Waals surface area contributed by atoms with E-state index >= 15 is 0 Å². The number of aryl methyl sites for hydroxylation is 1. The van der Waals surface area contributed by atoms with Gasteiger partial charge in [0.2, 0.25) is 0 Å². The second-order valence-corrected chi connectivity index (χ2v) is 5.73. The molecule has 0 aliphatic heterocycles. The largest absolute Gasteiger partial charge is 0.459 e. The summed E-state index contributed by atoms with van der Waals surface area (Å²) in [6, 6.07) is 11.6. The molecule has 1 atom stereocenters. The molecule has 0 spiro atoms. The van der Waals surface area contributed by atoms with E-state index in [4.69, 9.17) is 4.42 Å². The van der Waals surface area contributed by atoms with Gasteiger partial charge in [0.25, 0.3) is 5.91 Å². The van der Waals surface area contributed by atoms with Gasteiger partial charge < -0.3 is 9.73 Å². The van der Waals surface area contributed by atoms with E-state index in [1.807, 2.05) is 55.6 Å². The first-order valence-corrected chi connectivity index (χ1v) is 7.36. The van der Waals surface area contributed by atoms with Crippen LogP contribution in [-0.4, -0.2) is 5.91 Å². The van der Waals surface area contributed by atoms with E-state index < -0.39 is 0 Å². The Morgan fingerprint density at radius 3 is 2.80 bits per heavy atom. The summed E-state index contributed by atoms with van der Waals surface area (Å²) in [6.07, 6.45) is 0. The smallest absolute Gasteiger partial charge is 0.262 e. The highest BCUT2D eigenvalue weighted by Gasteiger charge is 2.17. The second-order valence-electron chi connectivity index (χ2n) is 4.81. The molecule has 20 heavy (non-hydrogen) atoms. The van der Waals surface area contributed by atoms with Gasteiger partial charge in [0.05, 0.1) is 10.9 Å². The lowest BCUT2D eigenvalue weighted by Crippen LogP contribution is -2.26. The maximum absolute atomic E-state index is 12.2. The summed E-state index contributed by atoms with van der Waals surface area (Å²) in [7, 11) is 0. The van der Waals surface area contributed by atoms with Gasteiger partial charge in [-0.3, -0.25) is 4.79 Å². The fourth-order valence-corrected chi connectivity index (χ4v) is 2.98. The molecule has 2 aromatic heterocycles. The lowest BCUT2D eigenvalue weighted by Gasteiger charge is -2.10. The van der Waals surface area contributed by atoms with E-state index in [9.17, 15) is 4.79 Å². The maximum atomic E-state index is 12.2. The highest BCUT2D eigenvalue weighted by Crippen LogP contribution is 2.24. The molecule has 2 heterocycles. The van der Waals surface area contributed by atoms with E-state index in [0.717, 1.165) is 27.2 Å². The Morgan fingerprint density at radius 2 is 2.10 bits per heavy atom. The zero-order valence-electron chi connectivity index (χ0n) is 11.3. The van der Waals surface area contributed by atoms with Crippen LogP contribution in [0.5, 0.6) is 0 Å². The van der Waals surface area contributed by atoms with E-state index in [-0.39, 0.29) is 11.9 Å². The van der Waals surface area contributed by atoms with Crippen LogP contribution in [0.3, 0.4) is 0 Å². The van der Waals surface area contributed by atoms with Crippen molar-refractivity contribution in [3.63, 3.8) is 0 Å². The molecule has 0 radical (unpaired) electrons. The van der Waals surface area contributed by atoms with Gasteiger partial charge in [0, 0.05) is 5.39 Å². The summed E-state index contributed by atoms with van der Waals surface area (Å²) < 4.78 is 5.77. The minimum Gasteiger partial charge on any atom is -0.459 e. The molecular weight excluding hydrogens is 270 g/mol. The van der Waals surface area contributed by atoms with Gasteiger partial charge >= 0.3 is 0 Å². The number of furan rings is 1. The highest BCUT2D eigenvalue weighted by molar-refractivity contribution is 7.12. The fraction of sp³-hybridized carbons (Fsp3) is 0.188. The monoisotopic (exact) mass is 285 g/mol. The molecule has 3 rings (SSSR count). The molecule has 1 unspecified atom stereocenters. The molecule has 1 N–H and O–H groups in total. The number of hydrogen-bond acceptors (Lipinski definition) is 3. The summed E-state index contributed by atoms with van der Waals surface area (Å²) in [6.45, 7) is 3.87. The minimum atomic E-state index is -0.156. The minimum absolute atomic E-state index is 0.0505. The van der Waals surface area contributed by atoms with Crippen molar-refractivity contribution >= 4 is 28.2 Å². The lowest BCUT2D eigenvalue weighted by atomic mass is 10.2.